The minimum absolute atomic E-state index is 0.0144. The number of benzene rings is 1. The predicted molar refractivity (Wildman–Crippen MR) is 63.2 cm³/mol. The summed E-state index contributed by atoms with van der Waals surface area (Å²) in [7, 11) is 0. The monoisotopic (exact) mass is 277 g/mol. The molecule has 0 aliphatic carbocycles. The maximum Gasteiger partial charge on any atom is 0.416 e. The molecule has 0 unspecified atom stereocenters. The highest BCUT2D eigenvalue weighted by molar-refractivity contribution is 5.94. The summed E-state index contributed by atoms with van der Waals surface area (Å²) in [6.45, 7) is 0.396. The van der Waals surface area contributed by atoms with Gasteiger partial charge in [-0.2, -0.15) is 13.2 Å². The fourth-order valence-corrected chi connectivity index (χ4v) is 1.51. The lowest BCUT2D eigenvalue weighted by atomic mass is 10.1. The number of carboxylic acids is 1. The van der Waals surface area contributed by atoms with Crippen LogP contribution in [-0.4, -0.2) is 29.3 Å². The van der Waals surface area contributed by atoms with Gasteiger partial charge in [-0.3, -0.25) is 0 Å². The van der Waals surface area contributed by atoms with E-state index in [4.69, 9.17) is 10.2 Å². The smallest absolute Gasteiger partial charge is 0.416 e. The highest BCUT2D eigenvalue weighted by Gasteiger charge is 2.31. The highest BCUT2D eigenvalue weighted by atomic mass is 19.4. The van der Waals surface area contributed by atoms with Crippen molar-refractivity contribution in [3.8, 4) is 0 Å². The fourth-order valence-electron chi connectivity index (χ4n) is 1.51. The van der Waals surface area contributed by atoms with Crippen molar-refractivity contribution in [1.82, 2.24) is 0 Å². The standard InChI is InChI=1S/C12H14F3NO3/c13-12(14,15)8-3-4-10(9(7-8)11(18)19)16-5-1-2-6-17/h3-4,7,16-17H,1-2,5-6H2,(H,18,19). The molecule has 0 bridgehead atoms. The molecule has 0 amide bonds. The Morgan fingerprint density at radius 3 is 2.47 bits per heavy atom. The molecule has 19 heavy (non-hydrogen) atoms. The Bertz CT molecular complexity index is 446. The predicted octanol–water partition coefficient (Wildman–Crippen LogP) is 2.59. The van der Waals surface area contributed by atoms with Crippen molar-refractivity contribution in [2.45, 2.75) is 19.0 Å². The summed E-state index contributed by atoms with van der Waals surface area (Å²) in [5, 5.41) is 20.2. The molecule has 0 heterocycles. The molecule has 0 aromatic heterocycles. The van der Waals surface area contributed by atoms with E-state index < -0.39 is 23.3 Å². The Kier molecular flexibility index (Phi) is 5.17. The van der Waals surface area contributed by atoms with Crippen LogP contribution in [0.15, 0.2) is 18.2 Å². The van der Waals surface area contributed by atoms with Crippen molar-refractivity contribution < 1.29 is 28.2 Å². The van der Waals surface area contributed by atoms with Crippen LogP contribution in [-0.2, 0) is 6.18 Å². The van der Waals surface area contributed by atoms with Crippen LogP contribution in [0.5, 0.6) is 0 Å². The molecule has 3 N–H and O–H groups in total. The molecular weight excluding hydrogens is 263 g/mol. The number of hydrogen-bond donors (Lipinski definition) is 3. The number of carbonyl (C=O) groups is 1. The molecule has 0 aliphatic heterocycles. The average Bonchev–Trinajstić information content (AvgIpc) is 2.33. The van der Waals surface area contributed by atoms with E-state index in [2.05, 4.69) is 5.32 Å². The van der Waals surface area contributed by atoms with Crippen LogP contribution in [0.1, 0.15) is 28.8 Å². The molecule has 1 aromatic rings. The number of aliphatic hydroxyl groups excluding tert-OH is 1. The summed E-state index contributed by atoms with van der Waals surface area (Å²) < 4.78 is 37.4. The number of anilines is 1. The number of nitrogens with one attached hydrogen (secondary N) is 1. The van der Waals surface area contributed by atoms with Gasteiger partial charge < -0.3 is 15.5 Å². The minimum Gasteiger partial charge on any atom is -0.478 e. The maximum absolute atomic E-state index is 12.5. The normalized spacial score (nSPS) is 11.4. The minimum atomic E-state index is -4.57. The molecule has 0 fully saturated rings. The number of alkyl halides is 3. The van der Waals surface area contributed by atoms with Gasteiger partial charge in [-0.15, -0.1) is 0 Å². The molecule has 0 atom stereocenters. The Morgan fingerprint density at radius 2 is 1.95 bits per heavy atom. The van der Waals surface area contributed by atoms with Gasteiger partial charge in [0.2, 0.25) is 0 Å². The van der Waals surface area contributed by atoms with E-state index in [0.29, 0.717) is 25.5 Å². The van der Waals surface area contributed by atoms with E-state index in [1.165, 1.54) is 0 Å². The maximum atomic E-state index is 12.5. The molecule has 4 nitrogen and oxygen atoms in total. The van der Waals surface area contributed by atoms with Gasteiger partial charge in [-0.05, 0) is 31.0 Å². The van der Waals surface area contributed by atoms with Crippen LogP contribution in [0.4, 0.5) is 18.9 Å². The molecule has 106 valence electrons. The molecule has 7 heteroatoms. The third kappa shape index (κ3) is 4.44. The largest absolute Gasteiger partial charge is 0.478 e. The molecular formula is C12H14F3NO3. The van der Waals surface area contributed by atoms with Crippen molar-refractivity contribution in [3.05, 3.63) is 29.3 Å². The number of halogens is 3. The van der Waals surface area contributed by atoms with Gasteiger partial charge in [0.05, 0.1) is 11.1 Å². The highest BCUT2D eigenvalue weighted by Crippen LogP contribution is 2.31. The summed E-state index contributed by atoms with van der Waals surface area (Å²) in [5.41, 5.74) is -1.27. The summed E-state index contributed by atoms with van der Waals surface area (Å²) in [6, 6.07) is 2.54. The molecule has 1 rings (SSSR count). The summed E-state index contributed by atoms with van der Waals surface area (Å²) in [6.07, 6.45) is -3.44. The van der Waals surface area contributed by atoms with Gasteiger partial charge in [-0.1, -0.05) is 0 Å². The number of unbranched alkanes of at least 4 members (excludes halogenated alkanes) is 1. The lowest BCUT2D eigenvalue weighted by Crippen LogP contribution is -2.11. The number of carboxylic acid groups (broad SMARTS) is 1. The topological polar surface area (TPSA) is 69.6 Å². The summed E-state index contributed by atoms with van der Waals surface area (Å²) >= 11 is 0. The zero-order valence-electron chi connectivity index (χ0n) is 10.00. The Morgan fingerprint density at radius 1 is 1.26 bits per heavy atom. The molecule has 0 saturated carbocycles. The van der Waals surface area contributed by atoms with E-state index in [0.717, 1.165) is 12.1 Å². The summed E-state index contributed by atoms with van der Waals surface area (Å²) in [5.74, 6) is -1.42. The second-order valence-corrected chi connectivity index (χ2v) is 3.92. The van der Waals surface area contributed by atoms with E-state index in [1.807, 2.05) is 0 Å². The van der Waals surface area contributed by atoms with Gasteiger partial charge >= 0.3 is 12.1 Å². The first kappa shape index (κ1) is 15.3. The Hall–Kier alpha value is -1.76. The zero-order valence-corrected chi connectivity index (χ0v) is 10.00. The second kappa shape index (κ2) is 6.42. The molecule has 0 radical (unpaired) electrons. The van der Waals surface area contributed by atoms with Crippen LogP contribution >= 0.6 is 0 Å². The quantitative estimate of drug-likeness (QED) is 0.699. The third-order valence-corrected chi connectivity index (χ3v) is 2.48. The van der Waals surface area contributed by atoms with E-state index >= 15 is 0 Å². The van der Waals surface area contributed by atoms with Crippen LogP contribution in [0.3, 0.4) is 0 Å². The number of aliphatic hydroxyl groups is 1. The first-order valence-corrected chi connectivity index (χ1v) is 5.65. The summed E-state index contributed by atoms with van der Waals surface area (Å²) in [4.78, 5) is 10.9. The number of aromatic carboxylic acids is 1. The third-order valence-electron chi connectivity index (χ3n) is 2.48. The molecule has 0 spiro atoms. The lowest BCUT2D eigenvalue weighted by molar-refractivity contribution is -0.137. The Labute approximate surface area is 107 Å². The first-order valence-electron chi connectivity index (χ1n) is 5.65. The van der Waals surface area contributed by atoms with Crippen LogP contribution in [0.2, 0.25) is 0 Å². The van der Waals surface area contributed by atoms with Gasteiger partial charge in [0.25, 0.3) is 0 Å². The van der Waals surface area contributed by atoms with Crippen molar-refractivity contribution in [1.29, 1.82) is 0 Å². The second-order valence-electron chi connectivity index (χ2n) is 3.92. The van der Waals surface area contributed by atoms with Crippen LogP contribution in [0, 0.1) is 0 Å². The van der Waals surface area contributed by atoms with E-state index in [-0.39, 0.29) is 12.3 Å². The SMILES string of the molecule is O=C(O)c1cc(C(F)(F)F)ccc1NCCCCO. The zero-order chi connectivity index (χ0) is 14.5. The van der Waals surface area contributed by atoms with Gasteiger partial charge in [0, 0.05) is 18.8 Å². The number of rotatable bonds is 6. The van der Waals surface area contributed by atoms with Gasteiger partial charge in [0.15, 0.2) is 0 Å². The van der Waals surface area contributed by atoms with Crippen molar-refractivity contribution in [2.75, 3.05) is 18.5 Å². The fraction of sp³-hybridized carbons (Fsp3) is 0.417. The van der Waals surface area contributed by atoms with Crippen molar-refractivity contribution in [2.24, 2.45) is 0 Å². The lowest BCUT2D eigenvalue weighted by Gasteiger charge is -2.12. The van der Waals surface area contributed by atoms with Gasteiger partial charge in [0.1, 0.15) is 0 Å². The average molecular weight is 277 g/mol. The van der Waals surface area contributed by atoms with Crippen LogP contribution in [0.25, 0.3) is 0 Å². The van der Waals surface area contributed by atoms with E-state index in [9.17, 15) is 18.0 Å². The molecule has 0 aliphatic rings. The first-order chi connectivity index (χ1) is 8.86. The van der Waals surface area contributed by atoms with Crippen molar-refractivity contribution >= 4 is 11.7 Å². The number of hydrogen-bond acceptors (Lipinski definition) is 3. The van der Waals surface area contributed by atoms with Crippen molar-refractivity contribution in [3.63, 3.8) is 0 Å². The van der Waals surface area contributed by atoms with E-state index in [1.54, 1.807) is 0 Å². The molecule has 0 saturated heterocycles. The molecule has 1 aromatic carbocycles. The van der Waals surface area contributed by atoms with Crippen LogP contribution < -0.4 is 5.32 Å². The van der Waals surface area contributed by atoms with Gasteiger partial charge in [-0.25, -0.2) is 4.79 Å². The Balaban J connectivity index is 2.90.